The molecule has 0 radical (unpaired) electrons. The van der Waals surface area contributed by atoms with E-state index >= 15 is 0 Å². The number of amides is 1. The van der Waals surface area contributed by atoms with Crippen molar-refractivity contribution >= 4 is 23.0 Å². The molecule has 2 aromatic rings. The van der Waals surface area contributed by atoms with Crippen LogP contribution in [0.3, 0.4) is 0 Å². The van der Waals surface area contributed by atoms with Crippen molar-refractivity contribution < 1.29 is 14.7 Å². The lowest BCUT2D eigenvalue weighted by Crippen LogP contribution is -2.38. The molecular formula is C16H17NO3S. The zero-order valence-electron chi connectivity index (χ0n) is 11.7. The normalized spacial score (nSPS) is 11.9. The van der Waals surface area contributed by atoms with Crippen molar-refractivity contribution in [2.24, 2.45) is 0 Å². The molecule has 1 unspecified atom stereocenters. The molecule has 4 nitrogen and oxygen atoms in total. The number of hydrogen-bond acceptors (Lipinski definition) is 4. The van der Waals surface area contributed by atoms with E-state index in [4.69, 9.17) is 0 Å². The summed E-state index contributed by atoms with van der Waals surface area (Å²) in [4.78, 5) is 23.8. The average molecular weight is 303 g/mol. The van der Waals surface area contributed by atoms with Gasteiger partial charge in [0.2, 0.25) is 0 Å². The zero-order valence-corrected chi connectivity index (χ0v) is 12.5. The van der Waals surface area contributed by atoms with Crippen LogP contribution in [-0.2, 0) is 6.42 Å². The van der Waals surface area contributed by atoms with E-state index in [0.29, 0.717) is 16.9 Å². The van der Waals surface area contributed by atoms with Crippen LogP contribution in [0.4, 0.5) is 0 Å². The van der Waals surface area contributed by atoms with Gasteiger partial charge in [-0.2, -0.15) is 0 Å². The monoisotopic (exact) mass is 303 g/mol. The molecule has 1 aromatic carbocycles. The molecular weight excluding hydrogens is 286 g/mol. The fourth-order valence-electron chi connectivity index (χ4n) is 1.96. The van der Waals surface area contributed by atoms with Gasteiger partial charge in [0, 0.05) is 10.9 Å². The largest absolute Gasteiger partial charge is 0.394 e. The molecule has 0 spiro atoms. The molecule has 1 atom stereocenters. The number of hydrogen-bond donors (Lipinski definition) is 2. The van der Waals surface area contributed by atoms with Crippen molar-refractivity contribution in [3.8, 4) is 0 Å². The Bertz CT molecular complexity index is 621. The van der Waals surface area contributed by atoms with Gasteiger partial charge in [-0.3, -0.25) is 9.59 Å². The Morgan fingerprint density at radius 3 is 2.57 bits per heavy atom. The summed E-state index contributed by atoms with van der Waals surface area (Å²) in [5.41, 5.74) is 1.58. The van der Waals surface area contributed by atoms with Crippen LogP contribution in [0.15, 0.2) is 41.8 Å². The van der Waals surface area contributed by atoms with Gasteiger partial charge in [-0.25, -0.2) is 0 Å². The second kappa shape index (κ2) is 7.15. The minimum Gasteiger partial charge on any atom is -0.394 e. The molecule has 0 fully saturated rings. The summed E-state index contributed by atoms with van der Waals surface area (Å²) in [5.74, 6) is -0.323. The Kier molecular flexibility index (Phi) is 5.25. The van der Waals surface area contributed by atoms with Crippen molar-refractivity contribution in [2.45, 2.75) is 19.4 Å². The van der Waals surface area contributed by atoms with Crippen molar-refractivity contribution in [2.75, 3.05) is 6.61 Å². The Labute approximate surface area is 127 Å². The van der Waals surface area contributed by atoms with E-state index < -0.39 is 0 Å². The molecule has 0 aliphatic heterocycles. The highest BCUT2D eigenvalue weighted by molar-refractivity contribution is 7.12. The van der Waals surface area contributed by atoms with Gasteiger partial charge in [0.25, 0.3) is 5.91 Å². The van der Waals surface area contributed by atoms with Gasteiger partial charge in [-0.05, 0) is 25.0 Å². The molecule has 1 amide bonds. The van der Waals surface area contributed by atoms with Crippen LogP contribution in [0.1, 0.15) is 32.5 Å². The molecule has 21 heavy (non-hydrogen) atoms. The van der Waals surface area contributed by atoms with E-state index in [1.165, 1.54) is 18.3 Å². The number of Topliss-reactive ketones (excluding diaryl/α,β-unsaturated/α-hetero) is 1. The van der Waals surface area contributed by atoms with Crippen molar-refractivity contribution in [1.82, 2.24) is 5.32 Å². The molecule has 110 valence electrons. The molecule has 0 saturated carbocycles. The number of thiophene rings is 1. The van der Waals surface area contributed by atoms with Crippen LogP contribution >= 0.6 is 11.3 Å². The highest BCUT2D eigenvalue weighted by atomic mass is 32.1. The number of ketones is 1. The average Bonchev–Trinajstić information content (AvgIpc) is 2.97. The van der Waals surface area contributed by atoms with Gasteiger partial charge >= 0.3 is 0 Å². The van der Waals surface area contributed by atoms with Crippen molar-refractivity contribution in [3.05, 3.63) is 57.8 Å². The first-order valence-electron chi connectivity index (χ1n) is 6.65. The third-order valence-electron chi connectivity index (χ3n) is 3.11. The van der Waals surface area contributed by atoms with Crippen molar-refractivity contribution in [3.63, 3.8) is 0 Å². The predicted octanol–water partition coefficient (Wildman–Crippen LogP) is 2.28. The maximum Gasteiger partial charge on any atom is 0.261 e. The molecule has 0 aliphatic carbocycles. The molecule has 0 aliphatic rings. The molecule has 2 N–H and O–H groups in total. The fourth-order valence-corrected chi connectivity index (χ4v) is 2.81. The van der Waals surface area contributed by atoms with Gasteiger partial charge in [0.15, 0.2) is 5.78 Å². The Morgan fingerprint density at radius 2 is 2.00 bits per heavy atom. The highest BCUT2D eigenvalue weighted by Gasteiger charge is 2.16. The lowest BCUT2D eigenvalue weighted by atomic mass is 10.1. The minimum atomic E-state index is -0.345. The van der Waals surface area contributed by atoms with Crippen molar-refractivity contribution in [1.29, 1.82) is 0 Å². The summed E-state index contributed by atoms with van der Waals surface area (Å²) in [6.07, 6.45) is 0.564. The van der Waals surface area contributed by atoms with Crippen LogP contribution < -0.4 is 5.32 Å². The Hall–Kier alpha value is -1.98. The third-order valence-corrected chi connectivity index (χ3v) is 4.04. The first kappa shape index (κ1) is 15.4. The number of aliphatic hydroxyl groups excluding tert-OH is 1. The first-order valence-corrected chi connectivity index (χ1v) is 7.53. The molecule has 5 heteroatoms. The lowest BCUT2D eigenvalue weighted by Gasteiger charge is -2.15. The summed E-state index contributed by atoms with van der Waals surface area (Å²) >= 11 is 1.23. The van der Waals surface area contributed by atoms with Gasteiger partial charge in [-0.15, -0.1) is 11.3 Å². The highest BCUT2D eigenvalue weighted by Crippen LogP contribution is 2.15. The Morgan fingerprint density at radius 1 is 1.29 bits per heavy atom. The fraction of sp³-hybridized carbons (Fsp3) is 0.250. The summed E-state index contributed by atoms with van der Waals surface area (Å²) < 4.78 is 0. The van der Waals surface area contributed by atoms with Gasteiger partial charge in [-0.1, -0.05) is 30.3 Å². The van der Waals surface area contributed by atoms with E-state index in [9.17, 15) is 14.7 Å². The molecule has 0 bridgehead atoms. The number of carbonyl (C=O) groups is 2. The van der Waals surface area contributed by atoms with Crippen LogP contribution in [0.2, 0.25) is 0 Å². The third kappa shape index (κ3) is 4.24. The molecule has 0 saturated heterocycles. The summed E-state index contributed by atoms with van der Waals surface area (Å²) in [7, 11) is 0. The van der Waals surface area contributed by atoms with Crippen LogP contribution in [0.25, 0.3) is 0 Å². The smallest absolute Gasteiger partial charge is 0.261 e. The SMILES string of the molecule is CC(=O)c1csc(C(=O)NC(CO)Cc2ccccc2)c1. The first-order chi connectivity index (χ1) is 10.1. The van der Waals surface area contributed by atoms with E-state index in [2.05, 4.69) is 5.32 Å². The number of benzene rings is 1. The van der Waals surface area contributed by atoms with E-state index in [1.807, 2.05) is 30.3 Å². The second-order valence-electron chi connectivity index (χ2n) is 4.80. The summed E-state index contributed by atoms with van der Waals surface area (Å²) in [6, 6.07) is 10.9. The number of aliphatic hydroxyl groups is 1. The van der Waals surface area contributed by atoms with Gasteiger partial charge in [0.1, 0.15) is 0 Å². The summed E-state index contributed by atoms with van der Waals surface area (Å²) in [5, 5.41) is 13.9. The van der Waals surface area contributed by atoms with Crippen LogP contribution in [0, 0.1) is 0 Å². The Balaban J connectivity index is 2.00. The van der Waals surface area contributed by atoms with Gasteiger partial charge < -0.3 is 10.4 Å². The maximum absolute atomic E-state index is 12.1. The standard InChI is InChI=1S/C16H17NO3S/c1-11(19)13-8-15(21-10-13)16(20)17-14(9-18)7-12-5-3-2-4-6-12/h2-6,8,10,14,18H,7,9H2,1H3,(H,17,20). The zero-order chi connectivity index (χ0) is 15.2. The maximum atomic E-state index is 12.1. The molecule has 1 heterocycles. The van der Waals surface area contributed by atoms with E-state index in [-0.39, 0.29) is 24.3 Å². The minimum absolute atomic E-state index is 0.0618. The number of carbonyl (C=O) groups excluding carboxylic acids is 2. The topological polar surface area (TPSA) is 66.4 Å². The molecule has 2 rings (SSSR count). The lowest BCUT2D eigenvalue weighted by molar-refractivity contribution is 0.0920. The predicted molar refractivity (Wildman–Crippen MR) is 82.8 cm³/mol. The van der Waals surface area contributed by atoms with Crippen LogP contribution in [-0.4, -0.2) is 29.4 Å². The van der Waals surface area contributed by atoms with E-state index in [1.54, 1.807) is 11.4 Å². The van der Waals surface area contributed by atoms with Crippen LogP contribution in [0.5, 0.6) is 0 Å². The number of nitrogens with one attached hydrogen (secondary N) is 1. The number of rotatable bonds is 6. The van der Waals surface area contributed by atoms with E-state index in [0.717, 1.165) is 5.56 Å². The summed E-state index contributed by atoms with van der Waals surface area (Å²) in [6.45, 7) is 1.33. The second-order valence-corrected chi connectivity index (χ2v) is 5.71. The molecule has 1 aromatic heterocycles. The quantitative estimate of drug-likeness (QED) is 0.805. The van der Waals surface area contributed by atoms with Gasteiger partial charge in [0.05, 0.1) is 17.5 Å².